The van der Waals surface area contributed by atoms with E-state index in [1.54, 1.807) is 0 Å². The number of methoxy groups -OCH3 is 1. The summed E-state index contributed by atoms with van der Waals surface area (Å²) in [6.07, 6.45) is 5.29. The molecule has 1 aliphatic heterocycles. The minimum atomic E-state index is 0.563. The second-order valence-corrected chi connectivity index (χ2v) is 5.25. The molecule has 0 bridgehead atoms. The van der Waals surface area contributed by atoms with E-state index in [1.807, 2.05) is 7.11 Å². The summed E-state index contributed by atoms with van der Waals surface area (Å²) in [5, 5.41) is 3.52. The van der Waals surface area contributed by atoms with Crippen molar-refractivity contribution in [2.75, 3.05) is 39.9 Å². The zero-order valence-electron chi connectivity index (χ0n) is 11.9. The summed E-state index contributed by atoms with van der Waals surface area (Å²) in [7, 11) is 1.81. The third-order valence-electron chi connectivity index (χ3n) is 3.70. The lowest BCUT2D eigenvalue weighted by atomic mass is 10.0. The van der Waals surface area contributed by atoms with Crippen LogP contribution in [0.3, 0.4) is 0 Å². The van der Waals surface area contributed by atoms with Gasteiger partial charge >= 0.3 is 0 Å². The zero-order chi connectivity index (χ0) is 12.5. The fraction of sp³-hybridized carbons (Fsp3) is 1.00. The number of hydrogen-bond donors (Lipinski definition) is 1. The number of nitrogens with one attached hydrogen (secondary N) is 1. The van der Waals surface area contributed by atoms with Gasteiger partial charge in [0.05, 0.1) is 6.61 Å². The average molecular weight is 242 g/mol. The van der Waals surface area contributed by atoms with Crippen molar-refractivity contribution in [2.45, 2.75) is 45.6 Å². The lowest BCUT2D eigenvalue weighted by molar-refractivity contribution is 0.102. The Balaban J connectivity index is 2.31. The molecule has 0 amide bonds. The van der Waals surface area contributed by atoms with E-state index >= 15 is 0 Å². The van der Waals surface area contributed by atoms with Gasteiger partial charge in [0.25, 0.3) is 0 Å². The molecule has 2 unspecified atom stereocenters. The monoisotopic (exact) mass is 242 g/mol. The van der Waals surface area contributed by atoms with E-state index in [-0.39, 0.29) is 0 Å². The molecule has 1 aliphatic rings. The van der Waals surface area contributed by atoms with Crippen molar-refractivity contribution < 1.29 is 4.74 Å². The van der Waals surface area contributed by atoms with Crippen molar-refractivity contribution >= 4 is 0 Å². The minimum Gasteiger partial charge on any atom is -0.383 e. The predicted octanol–water partition coefficient (Wildman–Crippen LogP) is 2.12. The Labute approximate surface area is 107 Å². The van der Waals surface area contributed by atoms with E-state index < -0.39 is 0 Å². The summed E-state index contributed by atoms with van der Waals surface area (Å²) in [5.74, 6) is 0.922. The number of nitrogens with zero attached hydrogens (tertiary/aromatic N) is 1. The van der Waals surface area contributed by atoms with Crippen molar-refractivity contribution in [3.05, 3.63) is 0 Å². The topological polar surface area (TPSA) is 24.5 Å². The Bertz CT molecular complexity index is 187. The van der Waals surface area contributed by atoms with Crippen LogP contribution in [0.5, 0.6) is 0 Å². The molecule has 0 spiro atoms. The van der Waals surface area contributed by atoms with E-state index in [1.165, 1.54) is 38.8 Å². The van der Waals surface area contributed by atoms with Crippen LogP contribution in [0.1, 0.15) is 39.5 Å². The lowest BCUT2D eigenvalue weighted by Gasteiger charge is -2.27. The van der Waals surface area contributed by atoms with Gasteiger partial charge in [-0.1, -0.05) is 20.3 Å². The van der Waals surface area contributed by atoms with Crippen molar-refractivity contribution in [3.8, 4) is 0 Å². The summed E-state index contributed by atoms with van der Waals surface area (Å²) in [6.45, 7) is 10.1. The highest BCUT2D eigenvalue weighted by Gasteiger charge is 2.27. The maximum atomic E-state index is 5.36. The summed E-state index contributed by atoms with van der Waals surface area (Å²) >= 11 is 0. The molecule has 102 valence electrons. The van der Waals surface area contributed by atoms with Crippen LogP contribution in [-0.2, 0) is 4.74 Å². The fourth-order valence-electron chi connectivity index (χ4n) is 2.77. The van der Waals surface area contributed by atoms with Crippen molar-refractivity contribution in [3.63, 3.8) is 0 Å². The second kappa shape index (κ2) is 8.90. The standard InChI is InChI=1S/C14H30N2O/c1-4-6-13-7-9-16(11-13)14(12-17-3)10-15-8-5-2/h13-15H,4-12H2,1-3H3. The van der Waals surface area contributed by atoms with Gasteiger partial charge in [-0.2, -0.15) is 0 Å². The maximum absolute atomic E-state index is 5.36. The molecule has 0 aromatic carbocycles. The Morgan fingerprint density at radius 2 is 2.18 bits per heavy atom. The fourth-order valence-corrected chi connectivity index (χ4v) is 2.77. The van der Waals surface area contributed by atoms with Crippen LogP contribution in [0.4, 0.5) is 0 Å². The molecule has 1 N–H and O–H groups in total. The molecule has 0 aromatic heterocycles. The summed E-state index contributed by atoms with van der Waals surface area (Å²) in [4.78, 5) is 2.62. The number of hydrogen-bond acceptors (Lipinski definition) is 3. The largest absolute Gasteiger partial charge is 0.383 e. The molecule has 0 aliphatic carbocycles. The first kappa shape index (κ1) is 14.9. The van der Waals surface area contributed by atoms with Crippen molar-refractivity contribution in [1.29, 1.82) is 0 Å². The Morgan fingerprint density at radius 3 is 2.82 bits per heavy atom. The van der Waals surface area contributed by atoms with Gasteiger partial charge in [0.15, 0.2) is 0 Å². The third kappa shape index (κ3) is 5.36. The molecule has 0 radical (unpaired) electrons. The van der Waals surface area contributed by atoms with Crippen LogP contribution in [0.15, 0.2) is 0 Å². The molecule has 17 heavy (non-hydrogen) atoms. The van der Waals surface area contributed by atoms with E-state index in [4.69, 9.17) is 4.74 Å². The average Bonchev–Trinajstić information content (AvgIpc) is 2.77. The van der Waals surface area contributed by atoms with Gasteiger partial charge in [0.2, 0.25) is 0 Å². The van der Waals surface area contributed by atoms with Gasteiger partial charge in [-0.05, 0) is 38.3 Å². The van der Waals surface area contributed by atoms with Crippen LogP contribution >= 0.6 is 0 Å². The first-order valence-electron chi connectivity index (χ1n) is 7.25. The molecule has 0 aromatic rings. The van der Waals surface area contributed by atoms with Gasteiger partial charge in [0.1, 0.15) is 0 Å². The number of ether oxygens (including phenoxy) is 1. The molecule has 1 fully saturated rings. The van der Waals surface area contributed by atoms with Crippen LogP contribution in [0.25, 0.3) is 0 Å². The van der Waals surface area contributed by atoms with Crippen LogP contribution in [0, 0.1) is 5.92 Å². The summed E-state index contributed by atoms with van der Waals surface area (Å²) in [5.41, 5.74) is 0. The Morgan fingerprint density at radius 1 is 1.35 bits per heavy atom. The second-order valence-electron chi connectivity index (χ2n) is 5.25. The molecule has 1 heterocycles. The normalized spacial score (nSPS) is 23.1. The third-order valence-corrected chi connectivity index (χ3v) is 3.70. The summed E-state index contributed by atoms with van der Waals surface area (Å²) < 4.78 is 5.36. The first-order valence-corrected chi connectivity index (χ1v) is 7.25. The number of rotatable bonds is 9. The highest BCUT2D eigenvalue weighted by Crippen LogP contribution is 2.22. The summed E-state index contributed by atoms with van der Waals surface area (Å²) in [6, 6.07) is 0.563. The van der Waals surface area contributed by atoms with Crippen LogP contribution in [-0.4, -0.2) is 50.8 Å². The quantitative estimate of drug-likeness (QED) is 0.627. The van der Waals surface area contributed by atoms with Gasteiger partial charge < -0.3 is 10.1 Å². The zero-order valence-corrected chi connectivity index (χ0v) is 11.9. The smallest absolute Gasteiger partial charge is 0.0630 e. The predicted molar refractivity (Wildman–Crippen MR) is 73.4 cm³/mol. The lowest BCUT2D eigenvalue weighted by Crippen LogP contribution is -2.44. The van der Waals surface area contributed by atoms with Crippen molar-refractivity contribution in [1.82, 2.24) is 10.2 Å². The minimum absolute atomic E-state index is 0.563. The molecule has 1 rings (SSSR count). The van der Waals surface area contributed by atoms with Gasteiger partial charge in [-0.15, -0.1) is 0 Å². The maximum Gasteiger partial charge on any atom is 0.0630 e. The molecular weight excluding hydrogens is 212 g/mol. The highest BCUT2D eigenvalue weighted by molar-refractivity contribution is 4.82. The van der Waals surface area contributed by atoms with Crippen LogP contribution < -0.4 is 5.32 Å². The van der Waals surface area contributed by atoms with E-state index in [2.05, 4.69) is 24.1 Å². The molecule has 3 heteroatoms. The van der Waals surface area contributed by atoms with E-state index in [0.29, 0.717) is 6.04 Å². The highest BCUT2D eigenvalue weighted by atomic mass is 16.5. The Kier molecular flexibility index (Phi) is 7.82. The number of likely N-dealkylation sites (tertiary alicyclic amines) is 1. The van der Waals surface area contributed by atoms with E-state index in [9.17, 15) is 0 Å². The molecular formula is C14H30N2O. The molecule has 2 atom stereocenters. The van der Waals surface area contributed by atoms with E-state index in [0.717, 1.165) is 25.6 Å². The van der Waals surface area contributed by atoms with Gasteiger partial charge in [0, 0.05) is 26.2 Å². The molecule has 3 nitrogen and oxygen atoms in total. The van der Waals surface area contributed by atoms with Crippen LogP contribution in [0.2, 0.25) is 0 Å². The molecule has 1 saturated heterocycles. The SMILES string of the molecule is CCCNCC(COC)N1CCC(CCC)C1. The molecule has 0 saturated carbocycles. The Hall–Kier alpha value is -0.120. The van der Waals surface area contributed by atoms with Gasteiger partial charge in [-0.3, -0.25) is 4.90 Å². The van der Waals surface area contributed by atoms with Gasteiger partial charge in [-0.25, -0.2) is 0 Å². The van der Waals surface area contributed by atoms with Crippen molar-refractivity contribution in [2.24, 2.45) is 5.92 Å². The first-order chi connectivity index (χ1) is 8.31.